The number of benzene rings is 1. The number of nitrogens with zero attached hydrogens (tertiary/aromatic N) is 2. The molecule has 1 aromatic carbocycles. The highest BCUT2D eigenvalue weighted by Gasteiger charge is 2.31. The lowest BCUT2D eigenvalue weighted by molar-refractivity contribution is 0.216. The summed E-state index contributed by atoms with van der Waals surface area (Å²) in [7, 11) is 0. The average molecular weight is 277 g/mol. The van der Waals surface area contributed by atoms with Crippen molar-refractivity contribution in [3.05, 3.63) is 29.1 Å². The molecule has 0 saturated heterocycles. The van der Waals surface area contributed by atoms with Crippen LogP contribution < -0.4 is 0 Å². The van der Waals surface area contributed by atoms with E-state index in [-0.39, 0.29) is 5.38 Å². The van der Waals surface area contributed by atoms with Crippen molar-refractivity contribution in [3.8, 4) is 0 Å². The molecule has 1 aliphatic carbocycles. The molecule has 1 fully saturated rings. The van der Waals surface area contributed by atoms with Gasteiger partial charge in [0.1, 0.15) is 5.82 Å². The molecule has 1 saturated carbocycles. The van der Waals surface area contributed by atoms with Crippen LogP contribution in [0.5, 0.6) is 0 Å². The van der Waals surface area contributed by atoms with Crippen LogP contribution in [0.2, 0.25) is 0 Å². The zero-order valence-corrected chi connectivity index (χ0v) is 12.8. The Morgan fingerprint density at radius 2 is 1.89 bits per heavy atom. The standard InChI is InChI=1S/C16H21ClN2/c1-9-5-13(6-9)19-15-8-11(3)10(2)7-14(15)18-16(19)12(4)17/h7-9,12-13H,5-6H2,1-4H3. The van der Waals surface area contributed by atoms with Crippen LogP contribution in [0.1, 0.15) is 55.1 Å². The monoisotopic (exact) mass is 276 g/mol. The first kappa shape index (κ1) is 13.0. The first-order valence-electron chi connectivity index (χ1n) is 7.10. The molecular weight excluding hydrogens is 256 g/mol. The van der Waals surface area contributed by atoms with Crippen molar-refractivity contribution < 1.29 is 0 Å². The van der Waals surface area contributed by atoms with E-state index in [0.717, 1.165) is 17.3 Å². The minimum atomic E-state index is -0.0380. The summed E-state index contributed by atoms with van der Waals surface area (Å²) in [6, 6.07) is 5.04. The predicted molar refractivity (Wildman–Crippen MR) is 80.9 cm³/mol. The summed E-state index contributed by atoms with van der Waals surface area (Å²) in [5.41, 5.74) is 4.97. The highest BCUT2D eigenvalue weighted by atomic mass is 35.5. The van der Waals surface area contributed by atoms with Crippen molar-refractivity contribution in [2.75, 3.05) is 0 Å². The molecular formula is C16H21ClN2. The molecule has 1 heterocycles. The molecule has 1 unspecified atom stereocenters. The largest absolute Gasteiger partial charge is 0.324 e. The van der Waals surface area contributed by atoms with Crippen molar-refractivity contribution in [1.82, 2.24) is 9.55 Å². The van der Waals surface area contributed by atoms with Gasteiger partial charge in [0, 0.05) is 6.04 Å². The normalized spacial score (nSPS) is 24.5. The Hall–Kier alpha value is -1.02. The third-order valence-corrected chi connectivity index (χ3v) is 4.60. The molecule has 1 aromatic heterocycles. The Bertz CT molecular complexity index is 621. The number of halogens is 1. The third kappa shape index (κ3) is 2.06. The van der Waals surface area contributed by atoms with Gasteiger partial charge in [-0.05, 0) is 62.8 Å². The van der Waals surface area contributed by atoms with Gasteiger partial charge in [-0.1, -0.05) is 6.92 Å². The van der Waals surface area contributed by atoms with Crippen molar-refractivity contribution in [3.63, 3.8) is 0 Å². The number of alkyl halides is 1. The van der Waals surface area contributed by atoms with Gasteiger partial charge in [-0.2, -0.15) is 0 Å². The zero-order valence-electron chi connectivity index (χ0n) is 12.1. The molecule has 0 N–H and O–H groups in total. The summed E-state index contributed by atoms with van der Waals surface area (Å²) in [5.74, 6) is 1.85. The summed E-state index contributed by atoms with van der Waals surface area (Å²) in [6.45, 7) is 8.64. The number of aromatic nitrogens is 2. The SMILES string of the molecule is Cc1cc2nc(C(C)Cl)n(C3CC(C)C3)c2cc1C. The van der Waals surface area contributed by atoms with E-state index in [2.05, 4.69) is 37.5 Å². The summed E-state index contributed by atoms with van der Waals surface area (Å²) in [6.07, 6.45) is 2.49. The molecule has 3 heteroatoms. The molecule has 0 aliphatic heterocycles. The molecule has 2 aromatic rings. The molecule has 0 radical (unpaired) electrons. The van der Waals surface area contributed by atoms with E-state index in [1.807, 2.05) is 6.92 Å². The fourth-order valence-electron chi connectivity index (χ4n) is 3.10. The molecule has 0 amide bonds. The number of aryl methyl sites for hydroxylation is 2. The molecule has 2 nitrogen and oxygen atoms in total. The fourth-order valence-corrected chi connectivity index (χ4v) is 3.26. The Morgan fingerprint density at radius 3 is 2.47 bits per heavy atom. The van der Waals surface area contributed by atoms with Crippen molar-refractivity contribution in [2.45, 2.75) is 52.0 Å². The maximum Gasteiger partial charge on any atom is 0.127 e. The lowest BCUT2D eigenvalue weighted by Crippen LogP contribution is -2.26. The number of hydrogen-bond acceptors (Lipinski definition) is 1. The Morgan fingerprint density at radius 1 is 1.26 bits per heavy atom. The summed E-state index contributed by atoms with van der Waals surface area (Å²) < 4.78 is 2.39. The van der Waals surface area contributed by atoms with Gasteiger partial charge in [0.15, 0.2) is 0 Å². The second-order valence-electron chi connectivity index (χ2n) is 6.11. The predicted octanol–water partition coefficient (Wildman–Crippen LogP) is 4.92. The Kier molecular flexibility index (Phi) is 3.09. The minimum Gasteiger partial charge on any atom is -0.324 e. The van der Waals surface area contributed by atoms with Gasteiger partial charge in [0.25, 0.3) is 0 Å². The first-order chi connectivity index (χ1) is 8.97. The smallest absolute Gasteiger partial charge is 0.127 e. The van der Waals surface area contributed by atoms with E-state index in [9.17, 15) is 0 Å². The van der Waals surface area contributed by atoms with Gasteiger partial charge >= 0.3 is 0 Å². The van der Waals surface area contributed by atoms with Gasteiger partial charge in [-0.25, -0.2) is 4.98 Å². The van der Waals surface area contributed by atoms with Gasteiger partial charge in [-0.15, -0.1) is 11.6 Å². The summed E-state index contributed by atoms with van der Waals surface area (Å²) in [4.78, 5) is 4.77. The van der Waals surface area contributed by atoms with Crippen LogP contribution in [0.15, 0.2) is 12.1 Å². The molecule has 0 bridgehead atoms. The van der Waals surface area contributed by atoms with E-state index < -0.39 is 0 Å². The highest BCUT2D eigenvalue weighted by molar-refractivity contribution is 6.20. The fraction of sp³-hybridized carbons (Fsp3) is 0.562. The quantitative estimate of drug-likeness (QED) is 0.712. The van der Waals surface area contributed by atoms with Crippen LogP contribution in [-0.2, 0) is 0 Å². The van der Waals surface area contributed by atoms with Crippen LogP contribution in [0.4, 0.5) is 0 Å². The number of rotatable bonds is 2. The average Bonchev–Trinajstić information content (AvgIpc) is 2.64. The number of fused-ring (bicyclic) bond motifs is 1. The topological polar surface area (TPSA) is 17.8 Å². The zero-order chi connectivity index (χ0) is 13.7. The Balaban J connectivity index is 2.20. The highest BCUT2D eigenvalue weighted by Crippen LogP contribution is 2.41. The van der Waals surface area contributed by atoms with Crippen LogP contribution in [0.25, 0.3) is 11.0 Å². The Labute approximate surface area is 119 Å². The number of hydrogen-bond donors (Lipinski definition) is 0. The van der Waals surface area contributed by atoms with E-state index in [0.29, 0.717) is 6.04 Å². The van der Waals surface area contributed by atoms with Crippen molar-refractivity contribution >= 4 is 22.6 Å². The van der Waals surface area contributed by atoms with Gasteiger partial charge in [-0.3, -0.25) is 0 Å². The van der Waals surface area contributed by atoms with Crippen LogP contribution in [0, 0.1) is 19.8 Å². The first-order valence-corrected chi connectivity index (χ1v) is 7.54. The molecule has 1 aliphatic rings. The molecule has 3 rings (SSSR count). The second-order valence-corrected chi connectivity index (χ2v) is 6.77. The van der Waals surface area contributed by atoms with Crippen LogP contribution in [-0.4, -0.2) is 9.55 Å². The lowest BCUT2D eigenvalue weighted by atomic mass is 9.81. The molecule has 102 valence electrons. The second kappa shape index (κ2) is 4.52. The van der Waals surface area contributed by atoms with Gasteiger partial charge in [0.2, 0.25) is 0 Å². The third-order valence-electron chi connectivity index (χ3n) is 4.40. The van der Waals surface area contributed by atoms with Crippen molar-refractivity contribution in [1.29, 1.82) is 0 Å². The lowest BCUT2D eigenvalue weighted by Gasteiger charge is -2.35. The molecule has 1 atom stereocenters. The molecule has 19 heavy (non-hydrogen) atoms. The van der Waals surface area contributed by atoms with E-state index in [1.165, 1.54) is 29.5 Å². The van der Waals surface area contributed by atoms with Crippen LogP contribution in [0.3, 0.4) is 0 Å². The number of imidazole rings is 1. The summed E-state index contributed by atoms with van der Waals surface area (Å²) >= 11 is 6.34. The van der Waals surface area contributed by atoms with E-state index in [4.69, 9.17) is 16.6 Å². The molecule has 0 spiro atoms. The summed E-state index contributed by atoms with van der Waals surface area (Å²) in [5, 5.41) is -0.0380. The maximum atomic E-state index is 6.34. The minimum absolute atomic E-state index is 0.0380. The van der Waals surface area contributed by atoms with Crippen LogP contribution >= 0.6 is 11.6 Å². The van der Waals surface area contributed by atoms with E-state index in [1.54, 1.807) is 0 Å². The van der Waals surface area contributed by atoms with E-state index >= 15 is 0 Å². The maximum absolute atomic E-state index is 6.34. The van der Waals surface area contributed by atoms with Gasteiger partial charge < -0.3 is 4.57 Å². The van der Waals surface area contributed by atoms with Crippen molar-refractivity contribution in [2.24, 2.45) is 5.92 Å². The van der Waals surface area contributed by atoms with Gasteiger partial charge in [0.05, 0.1) is 16.4 Å².